The number of rotatable bonds is 3. The first-order valence-corrected chi connectivity index (χ1v) is 7.58. The van der Waals surface area contributed by atoms with Crippen molar-refractivity contribution in [1.82, 2.24) is 9.88 Å². The molecule has 108 valence electrons. The fraction of sp³-hybridized carbons (Fsp3) is 0.625. The number of carbonyl (C=O) groups excluding carboxylic acids is 1. The zero-order valence-electron chi connectivity index (χ0n) is 11.8. The van der Waals surface area contributed by atoms with Crippen molar-refractivity contribution in [2.45, 2.75) is 31.6 Å². The van der Waals surface area contributed by atoms with Gasteiger partial charge in [-0.05, 0) is 48.8 Å². The Balaban J connectivity index is 1.49. The lowest BCUT2D eigenvalue weighted by Crippen LogP contribution is -2.38. The van der Waals surface area contributed by atoms with Crippen LogP contribution in [0.4, 0.5) is 0 Å². The number of pyridine rings is 1. The molecule has 2 aliphatic heterocycles. The zero-order valence-corrected chi connectivity index (χ0v) is 11.8. The van der Waals surface area contributed by atoms with Crippen LogP contribution in [0.25, 0.3) is 0 Å². The molecule has 2 aliphatic rings. The summed E-state index contributed by atoms with van der Waals surface area (Å²) in [5.41, 5.74) is 1.36. The maximum absolute atomic E-state index is 12.3. The number of amides is 1. The highest BCUT2D eigenvalue weighted by atomic mass is 16.5. The Hall–Kier alpha value is -1.42. The van der Waals surface area contributed by atoms with Crippen molar-refractivity contribution in [2.75, 3.05) is 26.3 Å². The topological polar surface area (TPSA) is 42.4 Å². The van der Waals surface area contributed by atoms with Gasteiger partial charge in [0, 0.05) is 45.1 Å². The molecule has 0 aromatic carbocycles. The van der Waals surface area contributed by atoms with Gasteiger partial charge < -0.3 is 9.64 Å². The van der Waals surface area contributed by atoms with Crippen LogP contribution in [0.15, 0.2) is 24.5 Å². The maximum Gasteiger partial charge on any atom is 0.222 e. The number of hydrogen-bond donors (Lipinski definition) is 0. The van der Waals surface area contributed by atoms with Crippen molar-refractivity contribution in [1.29, 1.82) is 0 Å². The molecular formula is C16H22N2O2. The van der Waals surface area contributed by atoms with Crippen LogP contribution in [0.5, 0.6) is 0 Å². The summed E-state index contributed by atoms with van der Waals surface area (Å²) in [7, 11) is 0. The number of aromatic nitrogens is 1. The molecule has 1 aromatic rings. The quantitative estimate of drug-likeness (QED) is 0.848. The van der Waals surface area contributed by atoms with Gasteiger partial charge >= 0.3 is 0 Å². The van der Waals surface area contributed by atoms with Crippen LogP contribution in [0.2, 0.25) is 0 Å². The van der Waals surface area contributed by atoms with E-state index in [9.17, 15) is 4.79 Å². The van der Waals surface area contributed by atoms with E-state index in [1.807, 2.05) is 17.3 Å². The van der Waals surface area contributed by atoms with E-state index in [0.717, 1.165) is 45.6 Å². The van der Waals surface area contributed by atoms with E-state index in [1.54, 1.807) is 0 Å². The molecule has 0 aliphatic carbocycles. The molecular weight excluding hydrogens is 252 g/mol. The van der Waals surface area contributed by atoms with E-state index in [2.05, 4.69) is 17.1 Å². The van der Waals surface area contributed by atoms with Crippen LogP contribution < -0.4 is 0 Å². The van der Waals surface area contributed by atoms with E-state index in [-0.39, 0.29) is 0 Å². The highest BCUT2D eigenvalue weighted by Crippen LogP contribution is 2.28. The lowest BCUT2D eigenvalue weighted by molar-refractivity contribution is -0.133. The Labute approximate surface area is 120 Å². The summed E-state index contributed by atoms with van der Waals surface area (Å²) in [6, 6.07) is 4.19. The Bertz CT molecular complexity index is 435. The fourth-order valence-electron chi connectivity index (χ4n) is 3.22. The number of piperidine rings is 1. The fourth-order valence-corrected chi connectivity index (χ4v) is 3.22. The molecule has 1 aromatic heterocycles. The first-order valence-electron chi connectivity index (χ1n) is 7.58. The van der Waals surface area contributed by atoms with Crippen LogP contribution in [0, 0.1) is 5.92 Å². The van der Waals surface area contributed by atoms with E-state index in [1.165, 1.54) is 5.56 Å². The monoisotopic (exact) mass is 274 g/mol. The molecule has 0 spiro atoms. The van der Waals surface area contributed by atoms with E-state index < -0.39 is 0 Å². The molecule has 3 rings (SSSR count). The van der Waals surface area contributed by atoms with Crippen molar-refractivity contribution in [3.05, 3.63) is 30.1 Å². The first kappa shape index (κ1) is 13.6. The Kier molecular flexibility index (Phi) is 4.31. The number of hydrogen-bond acceptors (Lipinski definition) is 3. The molecule has 0 radical (unpaired) electrons. The Morgan fingerprint density at radius 1 is 1.25 bits per heavy atom. The molecule has 0 bridgehead atoms. The minimum atomic E-state index is 0.314. The van der Waals surface area contributed by atoms with Crippen LogP contribution in [0.1, 0.15) is 37.2 Å². The van der Waals surface area contributed by atoms with Gasteiger partial charge in [0.1, 0.15) is 0 Å². The summed E-state index contributed by atoms with van der Waals surface area (Å²) in [6.07, 6.45) is 7.55. The predicted molar refractivity (Wildman–Crippen MR) is 76.3 cm³/mol. The highest BCUT2D eigenvalue weighted by Gasteiger charge is 2.26. The largest absolute Gasteiger partial charge is 0.381 e. The molecule has 0 unspecified atom stereocenters. The van der Waals surface area contributed by atoms with Gasteiger partial charge in [-0.15, -0.1) is 0 Å². The van der Waals surface area contributed by atoms with Crippen molar-refractivity contribution in [3.63, 3.8) is 0 Å². The maximum atomic E-state index is 12.3. The molecule has 4 heteroatoms. The van der Waals surface area contributed by atoms with Crippen molar-refractivity contribution in [2.24, 2.45) is 5.92 Å². The molecule has 1 atom stereocenters. The van der Waals surface area contributed by atoms with Crippen molar-refractivity contribution >= 4 is 5.91 Å². The third-order valence-corrected chi connectivity index (χ3v) is 4.51. The molecule has 4 nitrogen and oxygen atoms in total. The summed E-state index contributed by atoms with van der Waals surface area (Å²) in [6.45, 7) is 3.36. The van der Waals surface area contributed by atoms with Gasteiger partial charge in [0.15, 0.2) is 0 Å². The van der Waals surface area contributed by atoms with Crippen LogP contribution in [0.3, 0.4) is 0 Å². The van der Waals surface area contributed by atoms with Crippen molar-refractivity contribution in [3.8, 4) is 0 Å². The number of ether oxygens (including phenoxy) is 1. The van der Waals surface area contributed by atoms with Crippen LogP contribution >= 0.6 is 0 Å². The summed E-state index contributed by atoms with van der Waals surface area (Å²) >= 11 is 0. The molecule has 0 saturated carbocycles. The second kappa shape index (κ2) is 6.35. The van der Waals surface area contributed by atoms with Gasteiger partial charge in [-0.1, -0.05) is 0 Å². The first-order chi connectivity index (χ1) is 9.83. The third-order valence-electron chi connectivity index (χ3n) is 4.51. The summed E-state index contributed by atoms with van der Waals surface area (Å²) in [5, 5.41) is 0. The highest BCUT2D eigenvalue weighted by molar-refractivity contribution is 5.76. The summed E-state index contributed by atoms with van der Waals surface area (Å²) in [5.74, 6) is 1.34. The molecule has 0 N–H and O–H groups in total. The van der Waals surface area contributed by atoms with E-state index in [0.29, 0.717) is 24.2 Å². The third kappa shape index (κ3) is 3.18. The molecule has 20 heavy (non-hydrogen) atoms. The second-order valence-electron chi connectivity index (χ2n) is 5.87. The second-order valence-corrected chi connectivity index (χ2v) is 5.87. The lowest BCUT2D eigenvalue weighted by atomic mass is 9.90. The molecule has 2 saturated heterocycles. The van der Waals surface area contributed by atoms with Gasteiger partial charge in [0.25, 0.3) is 0 Å². The van der Waals surface area contributed by atoms with Gasteiger partial charge in [-0.3, -0.25) is 9.78 Å². The average Bonchev–Trinajstić information content (AvgIpc) is 3.01. The number of nitrogens with zero attached hydrogens (tertiary/aromatic N) is 2. The van der Waals surface area contributed by atoms with Crippen molar-refractivity contribution < 1.29 is 9.53 Å². The standard InChI is InChI=1S/C16H22N2O2/c19-16(11-13-5-10-20-12-13)18-8-3-15(4-9-18)14-1-6-17-7-2-14/h1-2,6-7,13,15H,3-5,8-12H2/t13-/m1/s1. The summed E-state index contributed by atoms with van der Waals surface area (Å²) < 4.78 is 5.34. The smallest absolute Gasteiger partial charge is 0.222 e. The summed E-state index contributed by atoms with van der Waals surface area (Å²) in [4.78, 5) is 18.4. The van der Waals surface area contributed by atoms with Gasteiger partial charge in [0.2, 0.25) is 5.91 Å². The van der Waals surface area contributed by atoms with Gasteiger partial charge in [0.05, 0.1) is 0 Å². The minimum Gasteiger partial charge on any atom is -0.381 e. The Morgan fingerprint density at radius 2 is 2.00 bits per heavy atom. The molecule has 3 heterocycles. The van der Waals surface area contributed by atoms with Gasteiger partial charge in [-0.2, -0.15) is 0 Å². The Morgan fingerprint density at radius 3 is 2.65 bits per heavy atom. The van der Waals surface area contributed by atoms with E-state index >= 15 is 0 Å². The van der Waals surface area contributed by atoms with Gasteiger partial charge in [-0.25, -0.2) is 0 Å². The zero-order chi connectivity index (χ0) is 13.8. The average molecular weight is 274 g/mol. The predicted octanol–water partition coefficient (Wildman–Crippen LogP) is 2.21. The lowest BCUT2D eigenvalue weighted by Gasteiger charge is -2.32. The molecule has 1 amide bonds. The SMILES string of the molecule is O=C(C[C@H]1CCOC1)N1CCC(c2ccncc2)CC1. The minimum absolute atomic E-state index is 0.314. The number of carbonyl (C=O) groups is 1. The normalized spacial score (nSPS) is 24.0. The van der Waals surface area contributed by atoms with Crippen LogP contribution in [-0.4, -0.2) is 42.1 Å². The van der Waals surface area contributed by atoms with E-state index in [4.69, 9.17) is 4.74 Å². The molecule has 2 fully saturated rings. The van der Waals surface area contributed by atoms with Crippen LogP contribution in [-0.2, 0) is 9.53 Å². The number of likely N-dealkylation sites (tertiary alicyclic amines) is 1.